The maximum atomic E-state index is 14.1. The Kier molecular flexibility index (Phi) is 7.18. The highest BCUT2D eigenvalue weighted by Gasteiger charge is 2.27. The highest BCUT2D eigenvalue weighted by molar-refractivity contribution is 6.00. The minimum Gasteiger partial charge on any atom is -0.387 e. The van der Waals surface area contributed by atoms with Crippen molar-refractivity contribution in [2.75, 3.05) is 30.4 Å². The Labute approximate surface area is 197 Å². The summed E-state index contributed by atoms with van der Waals surface area (Å²) in [5, 5.41) is 19.9. The first-order valence-corrected chi connectivity index (χ1v) is 11.3. The molecule has 1 unspecified atom stereocenters. The summed E-state index contributed by atoms with van der Waals surface area (Å²) < 4.78 is 19.7. The van der Waals surface area contributed by atoms with E-state index in [1.807, 2.05) is 18.2 Å². The van der Waals surface area contributed by atoms with Crippen molar-refractivity contribution in [2.24, 2.45) is 0 Å². The molecule has 9 nitrogen and oxygen atoms in total. The van der Waals surface area contributed by atoms with E-state index >= 15 is 0 Å². The van der Waals surface area contributed by atoms with E-state index in [2.05, 4.69) is 30.9 Å². The number of ether oxygens (including phenoxy) is 1. The lowest BCUT2D eigenvalue weighted by atomic mass is 10.0. The summed E-state index contributed by atoms with van der Waals surface area (Å²) in [6, 6.07) is 7.47. The van der Waals surface area contributed by atoms with Crippen LogP contribution in [0.5, 0.6) is 0 Å². The van der Waals surface area contributed by atoms with Crippen molar-refractivity contribution in [3.8, 4) is 0 Å². The Morgan fingerprint density at radius 2 is 2.15 bits per heavy atom. The first-order valence-electron chi connectivity index (χ1n) is 11.3. The fourth-order valence-electron chi connectivity index (χ4n) is 3.64. The minimum atomic E-state index is -1.61. The van der Waals surface area contributed by atoms with Gasteiger partial charge in [0.1, 0.15) is 18.3 Å². The molecule has 3 heterocycles. The molecule has 34 heavy (non-hydrogen) atoms. The van der Waals surface area contributed by atoms with Crippen LogP contribution in [0, 0.1) is 0 Å². The Morgan fingerprint density at radius 3 is 2.91 bits per heavy atom. The van der Waals surface area contributed by atoms with E-state index in [0.717, 1.165) is 36.0 Å². The van der Waals surface area contributed by atoms with E-state index in [0.29, 0.717) is 18.1 Å². The molecule has 0 bridgehead atoms. The quantitative estimate of drug-likeness (QED) is 0.398. The van der Waals surface area contributed by atoms with Crippen molar-refractivity contribution in [3.63, 3.8) is 0 Å². The average Bonchev–Trinajstić information content (AvgIpc) is 2.82. The fraction of sp³-hybridized carbons (Fsp3) is 0.417. The Morgan fingerprint density at radius 1 is 1.29 bits per heavy atom. The van der Waals surface area contributed by atoms with E-state index in [-0.39, 0.29) is 18.2 Å². The SMILES string of the molecule is CC(C)(O)[C@H](F)CNC(=O)c1cnc(Nc2ccc3ncncc3c2)cc1NC1CCCOC1. The molecule has 1 amide bonds. The fourth-order valence-corrected chi connectivity index (χ4v) is 3.64. The Bertz CT molecular complexity index is 1150. The monoisotopic (exact) mass is 468 g/mol. The maximum absolute atomic E-state index is 14.1. The summed E-state index contributed by atoms with van der Waals surface area (Å²) >= 11 is 0. The van der Waals surface area contributed by atoms with Gasteiger partial charge in [-0.05, 0) is 44.9 Å². The highest BCUT2D eigenvalue weighted by Crippen LogP contribution is 2.25. The molecule has 0 spiro atoms. The van der Waals surface area contributed by atoms with Crippen LogP contribution in [0.2, 0.25) is 0 Å². The number of halogens is 1. The summed E-state index contributed by atoms with van der Waals surface area (Å²) in [5.41, 5.74) is 0.922. The number of carbonyl (C=O) groups is 1. The van der Waals surface area contributed by atoms with Crippen LogP contribution in [-0.4, -0.2) is 63.5 Å². The average molecular weight is 469 g/mol. The van der Waals surface area contributed by atoms with E-state index in [9.17, 15) is 14.3 Å². The molecule has 10 heteroatoms. The number of carbonyl (C=O) groups excluding carboxylic acids is 1. The summed E-state index contributed by atoms with van der Waals surface area (Å²) in [5.74, 6) is 0.0554. The number of hydrogen-bond donors (Lipinski definition) is 4. The molecule has 1 saturated heterocycles. The number of nitrogens with zero attached hydrogens (tertiary/aromatic N) is 3. The molecule has 1 aromatic carbocycles. The first kappa shape index (κ1) is 23.8. The number of rotatable bonds is 8. The van der Waals surface area contributed by atoms with Gasteiger partial charge in [-0.15, -0.1) is 0 Å². The zero-order valence-corrected chi connectivity index (χ0v) is 19.2. The van der Waals surface area contributed by atoms with Crippen molar-refractivity contribution >= 4 is 34.0 Å². The Hall–Kier alpha value is -3.37. The number of hydrogen-bond acceptors (Lipinski definition) is 8. The van der Waals surface area contributed by atoms with Crippen molar-refractivity contribution in [3.05, 3.63) is 48.5 Å². The molecule has 4 rings (SSSR count). The molecule has 3 aromatic rings. The van der Waals surface area contributed by atoms with E-state index in [1.54, 1.807) is 12.3 Å². The molecular weight excluding hydrogens is 439 g/mol. The van der Waals surface area contributed by atoms with Crippen molar-refractivity contribution in [1.29, 1.82) is 0 Å². The summed E-state index contributed by atoms with van der Waals surface area (Å²) in [7, 11) is 0. The van der Waals surface area contributed by atoms with Crippen LogP contribution >= 0.6 is 0 Å². The zero-order valence-electron chi connectivity index (χ0n) is 19.2. The van der Waals surface area contributed by atoms with Crippen LogP contribution in [-0.2, 0) is 4.74 Å². The first-order chi connectivity index (χ1) is 16.3. The van der Waals surface area contributed by atoms with Crippen LogP contribution < -0.4 is 16.0 Å². The molecule has 1 fully saturated rings. The summed E-state index contributed by atoms with van der Waals surface area (Å²) in [6.45, 7) is 3.66. The van der Waals surface area contributed by atoms with Gasteiger partial charge in [-0.2, -0.15) is 0 Å². The highest BCUT2D eigenvalue weighted by atomic mass is 19.1. The molecule has 2 aromatic heterocycles. The lowest BCUT2D eigenvalue weighted by Gasteiger charge is -2.26. The number of benzene rings is 1. The van der Waals surface area contributed by atoms with Gasteiger partial charge in [0, 0.05) is 42.2 Å². The van der Waals surface area contributed by atoms with Crippen LogP contribution in [0.15, 0.2) is 43.0 Å². The van der Waals surface area contributed by atoms with E-state index < -0.39 is 17.7 Å². The lowest BCUT2D eigenvalue weighted by Crippen LogP contribution is -2.42. The number of aromatic nitrogens is 3. The predicted molar refractivity (Wildman–Crippen MR) is 128 cm³/mol. The minimum absolute atomic E-state index is 0.0404. The topological polar surface area (TPSA) is 121 Å². The van der Waals surface area contributed by atoms with Crippen LogP contribution in [0.25, 0.3) is 10.9 Å². The second-order valence-electron chi connectivity index (χ2n) is 8.93. The number of nitrogens with one attached hydrogen (secondary N) is 3. The molecule has 180 valence electrons. The van der Waals surface area contributed by atoms with Gasteiger partial charge in [0.25, 0.3) is 5.91 Å². The second-order valence-corrected chi connectivity index (χ2v) is 8.93. The number of alkyl halides is 1. The normalized spacial score (nSPS) is 17.2. The van der Waals surface area contributed by atoms with Crippen LogP contribution in [0.4, 0.5) is 21.6 Å². The smallest absolute Gasteiger partial charge is 0.255 e. The molecule has 2 atom stereocenters. The molecule has 4 N–H and O–H groups in total. The molecule has 1 aliphatic heterocycles. The van der Waals surface area contributed by atoms with E-state index in [1.165, 1.54) is 26.4 Å². The molecule has 0 saturated carbocycles. The van der Waals surface area contributed by atoms with Crippen molar-refractivity contribution in [2.45, 2.75) is 44.5 Å². The third kappa shape index (κ3) is 5.95. The molecule has 0 radical (unpaired) electrons. The van der Waals surface area contributed by atoms with Gasteiger partial charge < -0.3 is 25.8 Å². The third-order valence-electron chi connectivity index (χ3n) is 5.65. The number of anilines is 3. The molecular formula is C24H29FN6O3. The van der Waals surface area contributed by atoms with Gasteiger partial charge in [0.15, 0.2) is 0 Å². The lowest BCUT2D eigenvalue weighted by molar-refractivity contribution is -0.00177. The second kappa shape index (κ2) is 10.3. The number of fused-ring (bicyclic) bond motifs is 1. The summed E-state index contributed by atoms with van der Waals surface area (Å²) in [6.07, 6.45) is 4.90. The van der Waals surface area contributed by atoms with Gasteiger partial charge in [-0.1, -0.05) is 0 Å². The van der Waals surface area contributed by atoms with Gasteiger partial charge in [0.05, 0.1) is 35.5 Å². The number of aliphatic hydroxyl groups is 1. The van der Waals surface area contributed by atoms with Gasteiger partial charge >= 0.3 is 0 Å². The third-order valence-corrected chi connectivity index (χ3v) is 5.65. The number of pyridine rings is 1. The Balaban J connectivity index is 1.55. The number of amides is 1. The molecule has 0 aliphatic carbocycles. The van der Waals surface area contributed by atoms with Gasteiger partial charge in [-0.3, -0.25) is 4.79 Å². The standard InChI is InChI=1S/C24H29FN6O3/c1-24(2,33)21(25)12-28-23(32)18-11-27-22(9-20(18)30-17-4-3-7-34-13-17)31-16-5-6-19-15(8-16)10-26-14-29-19/h5-6,8-11,14,17,21,33H,3-4,7,12-13H2,1-2H3,(H,28,32)(H2,27,30,31)/t17?,21-/m1/s1. The maximum Gasteiger partial charge on any atom is 0.255 e. The van der Waals surface area contributed by atoms with E-state index in [4.69, 9.17) is 4.74 Å². The van der Waals surface area contributed by atoms with Crippen molar-refractivity contribution < 1.29 is 19.0 Å². The zero-order chi connectivity index (χ0) is 24.1. The largest absolute Gasteiger partial charge is 0.387 e. The van der Waals surface area contributed by atoms with Crippen molar-refractivity contribution in [1.82, 2.24) is 20.3 Å². The molecule has 1 aliphatic rings. The van der Waals surface area contributed by atoms with Gasteiger partial charge in [0.2, 0.25) is 0 Å². The van der Waals surface area contributed by atoms with Crippen LogP contribution in [0.3, 0.4) is 0 Å². The van der Waals surface area contributed by atoms with Crippen LogP contribution in [0.1, 0.15) is 37.0 Å². The van der Waals surface area contributed by atoms with Gasteiger partial charge in [-0.25, -0.2) is 19.3 Å². The predicted octanol–water partition coefficient (Wildman–Crippen LogP) is 3.20. The summed E-state index contributed by atoms with van der Waals surface area (Å²) in [4.78, 5) is 25.5.